The summed E-state index contributed by atoms with van der Waals surface area (Å²) in [7, 11) is 3.63. The lowest BCUT2D eigenvalue weighted by molar-refractivity contribution is 0.102. The quantitative estimate of drug-likeness (QED) is 0.657. The first kappa shape index (κ1) is 19.9. The van der Waals surface area contributed by atoms with Gasteiger partial charge in [-0.2, -0.15) is 5.10 Å². The van der Waals surface area contributed by atoms with Crippen molar-refractivity contribution in [1.29, 1.82) is 0 Å². The number of hydrogen-bond acceptors (Lipinski definition) is 5. The van der Waals surface area contributed by atoms with Crippen molar-refractivity contribution >= 4 is 29.0 Å². The van der Waals surface area contributed by atoms with Crippen molar-refractivity contribution < 1.29 is 9.53 Å². The van der Waals surface area contributed by atoms with E-state index >= 15 is 0 Å². The van der Waals surface area contributed by atoms with Gasteiger partial charge < -0.3 is 15.0 Å². The molecule has 3 aromatic rings. The van der Waals surface area contributed by atoms with Gasteiger partial charge in [0.15, 0.2) is 0 Å². The number of carbonyl (C=O) groups excluding carboxylic acids is 1. The van der Waals surface area contributed by atoms with Gasteiger partial charge in [-0.25, -0.2) is 9.67 Å². The molecule has 0 aliphatic heterocycles. The van der Waals surface area contributed by atoms with Crippen molar-refractivity contribution in [2.75, 3.05) is 37.5 Å². The Morgan fingerprint density at radius 1 is 1.25 bits per heavy atom. The molecule has 0 unspecified atom stereocenters. The van der Waals surface area contributed by atoms with Gasteiger partial charge in [0.1, 0.15) is 5.82 Å². The zero-order valence-corrected chi connectivity index (χ0v) is 16.8. The number of methoxy groups -OCH3 is 1. The maximum atomic E-state index is 12.7. The predicted octanol–water partition coefficient (Wildman–Crippen LogP) is 3.56. The summed E-state index contributed by atoms with van der Waals surface area (Å²) in [4.78, 5) is 19.0. The molecule has 28 heavy (non-hydrogen) atoms. The van der Waals surface area contributed by atoms with Gasteiger partial charge in [0.05, 0.1) is 46.7 Å². The third kappa shape index (κ3) is 4.32. The summed E-state index contributed by atoms with van der Waals surface area (Å²) in [5, 5.41) is 7.68. The Kier molecular flexibility index (Phi) is 6.28. The lowest BCUT2D eigenvalue weighted by Crippen LogP contribution is -2.22. The molecule has 7 nitrogen and oxygen atoms in total. The first-order chi connectivity index (χ1) is 13.5. The Morgan fingerprint density at radius 3 is 2.71 bits per heavy atom. The average molecular weight is 400 g/mol. The molecular formula is C20H22ClN5O2. The number of para-hydroxylation sites is 1. The summed E-state index contributed by atoms with van der Waals surface area (Å²) in [6, 6.07) is 11.0. The van der Waals surface area contributed by atoms with E-state index in [2.05, 4.69) is 15.4 Å². The van der Waals surface area contributed by atoms with Crippen LogP contribution < -0.4 is 10.2 Å². The van der Waals surface area contributed by atoms with Crippen LogP contribution in [0.5, 0.6) is 0 Å². The van der Waals surface area contributed by atoms with E-state index in [1.54, 1.807) is 30.1 Å². The Labute approximate surface area is 168 Å². The SMILES string of the molecule is COCCN(C)c1ccc(NC(=O)c2cnn(-c3ccccc3Cl)c2C)nc1. The Balaban J connectivity index is 1.73. The number of rotatable bonds is 7. The Hall–Kier alpha value is -2.90. The maximum absolute atomic E-state index is 12.7. The summed E-state index contributed by atoms with van der Waals surface area (Å²) in [5.74, 6) is 0.197. The zero-order chi connectivity index (χ0) is 20.1. The lowest BCUT2D eigenvalue weighted by Gasteiger charge is -2.18. The van der Waals surface area contributed by atoms with Crippen LogP contribution in [0.2, 0.25) is 5.02 Å². The Bertz CT molecular complexity index is 955. The molecule has 1 aromatic carbocycles. The third-order valence-corrected chi connectivity index (χ3v) is 4.72. The third-order valence-electron chi connectivity index (χ3n) is 4.40. The molecule has 146 valence electrons. The van der Waals surface area contributed by atoms with E-state index in [9.17, 15) is 4.79 Å². The minimum absolute atomic E-state index is 0.274. The number of halogens is 1. The number of aromatic nitrogens is 3. The van der Waals surface area contributed by atoms with Crippen LogP contribution in [0.3, 0.4) is 0 Å². The van der Waals surface area contributed by atoms with Crippen molar-refractivity contribution in [2.24, 2.45) is 0 Å². The van der Waals surface area contributed by atoms with Crippen LogP contribution >= 0.6 is 11.6 Å². The molecule has 0 aliphatic carbocycles. The number of hydrogen-bond donors (Lipinski definition) is 1. The highest BCUT2D eigenvalue weighted by Crippen LogP contribution is 2.22. The molecule has 2 aromatic heterocycles. The van der Waals surface area contributed by atoms with E-state index in [4.69, 9.17) is 16.3 Å². The first-order valence-corrected chi connectivity index (χ1v) is 9.16. The van der Waals surface area contributed by atoms with Crippen molar-refractivity contribution in [3.63, 3.8) is 0 Å². The van der Waals surface area contributed by atoms with Gasteiger partial charge in [-0.15, -0.1) is 0 Å². The summed E-state index contributed by atoms with van der Waals surface area (Å²) in [5.41, 5.74) is 2.82. The Morgan fingerprint density at radius 2 is 2.04 bits per heavy atom. The zero-order valence-electron chi connectivity index (χ0n) is 16.0. The second-order valence-corrected chi connectivity index (χ2v) is 6.68. The maximum Gasteiger partial charge on any atom is 0.260 e. The number of pyridine rings is 1. The van der Waals surface area contributed by atoms with E-state index in [1.165, 1.54) is 6.20 Å². The number of amides is 1. The van der Waals surface area contributed by atoms with Gasteiger partial charge in [0, 0.05) is 20.7 Å². The largest absolute Gasteiger partial charge is 0.383 e. The molecule has 0 radical (unpaired) electrons. The van der Waals surface area contributed by atoms with Crippen molar-refractivity contribution in [3.8, 4) is 5.69 Å². The van der Waals surface area contributed by atoms with E-state index in [0.717, 1.165) is 17.9 Å². The van der Waals surface area contributed by atoms with Gasteiger partial charge in [-0.1, -0.05) is 23.7 Å². The van der Waals surface area contributed by atoms with E-state index in [-0.39, 0.29) is 5.91 Å². The summed E-state index contributed by atoms with van der Waals surface area (Å²) >= 11 is 6.24. The molecule has 2 heterocycles. The first-order valence-electron chi connectivity index (χ1n) is 8.78. The fourth-order valence-electron chi connectivity index (χ4n) is 2.73. The van der Waals surface area contributed by atoms with Gasteiger partial charge in [0.2, 0.25) is 0 Å². The molecule has 8 heteroatoms. The van der Waals surface area contributed by atoms with Crippen LogP contribution in [-0.2, 0) is 4.74 Å². The average Bonchev–Trinajstić information content (AvgIpc) is 3.08. The highest BCUT2D eigenvalue weighted by atomic mass is 35.5. The molecule has 3 rings (SSSR count). The van der Waals surface area contributed by atoms with E-state index < -0.39 is 0 Å². The molecule has 0 saturated heterocycles. The molecule has 0 spiro atoms. The van der Waals surface area contributed by atoms with Crippen molar-refractivity contribution in [3.05, 3.63) is 65.1 Å². The summed E-state index contributed by atoms with van der Waals surface area (Å²) < 4.78 is 6.73. The molecule has 0 aliphatic rings. The van der Waals surface area contributed by atoms with Crippen LogP contribution in [0.4, 0.5) is 11.5 Å². The standard InChI is InChI=1S/C20H22ClN5O2/c1-14-16(13-23-26(14)18-7-5-4-6-17(18)21)20(27)24-19-9-8-15(12-22-19)25(2)10-11-28-3/h4-9,12-13H,10-11H2,1-3H3,(H,22,24,27). The molecule has 0 fully saturated rings. The lowest BCUT2D eigenvalue weighted by atomic mass is 10.2. The summed E-state index contributed by atoms with van der Waals surface area (Å²) in [6.45, 7) is 3.21. The number of anilines is 2. The van der Waals surface area contributed by atoms with Gasteiger partial charge in [-0.3, -0.25) is 4.79 Å². The number of benzene rings is 1. The second kappa shape index (κ2) is 8.86. The predicted molar refractivity (Wildman–Crippen MR) is 111 cm³/mol. The highest BCUT2D eigenvalue weighted by molar-refractivity contribution is 6.32. The smallest absolute Gasteiger partial charge is 0.260 e. The number of carbonyl (C=O) groups is 1. The fraction of sp³-hybridized carbons (Fsp3) is 0.250. The topological polar surface area (TPSA) is 72.3 Å². The molecular weight excluding hydrogens is 378 g/mol. The van der Waals surface area contributed by atoms with Gasteiger partial charge in [0.25, 0.3) is 5.91 Å². The molecule has 0 saturated carbocycles. The van der Waals surface area contributed by atoms with Crippen molar-refractivity contribution in [2.45, 2.75) is 6.92 Å². The van der Waals surface area contributed by atoms with E-state index in [0.29, 0.717) is 28.7 Å². The number of ether oxygens (including phenoxy) is 1. The normalized spacial score (nSPS) is 10.7. The minimum atomic E-state index is -0.274. The number of nitrogens with zero attached hydrogens (tertiary/aromatic N) is 4. The number of nitrogens with one attached hydrogen (secondary N) is 1. The molecule has 1 amide bonds. The molecule has 1 N–H and O–H groups in total. The van der Waals surface area contributed by atoms with Crippen LogP contribution in [0, 0.1) is 6.92 Å². The second-order valence-electron chi connectivity index (χ2n) is 6.28. The van der Waals surface area contributed by atoms with Crippen molar-refractivity contribution in [1.82, 2.24) is 14.8 Å². The molecule has 0 bridgehead atoms. The van der Waals surface area contributed by atoms with Crippen LogP contribution in [0.15, 0.2) is 48.8 Å². The van der Waals surface area contributed by atoms with Crippen LogP contribution in [-0.4, -0.2) is 48.0 Å². The molecule has 0 atom stereocenters. The van der Waals surface area contributed by atoms with Crippen LogP contribution in [0.25, 0.3) is 5.69 Å². The number of likely N-dealkylation sites (N-methyl/N-ethyl adjacent to an activating group) is 1. The monoisotopic (exact) mass is 399 g/mol. The van der Waals surface area contributed by atoms with Crippen LogP contribution in [0.1, 0.15) is 16.1 Å². The van der Waals surface area contributed by atoms with Gasteiger partial charge >= 0.3 is 0 Å². The highest BCUT2D eigenvalue weighted by Gasteiger charge is 2.17. The minimum Gasteiger partial charge on any atom is -0.383 e. The van der Waals surface area contributed by atoms with Gasteiger partial charge in [-0.05, 0) is 31.2 Å². The fourth-order valence-corrected chi connectivity index (χ4v) is 2.94. The van der Waals surface area contributed by atoms with E-state index in [1.807, 2.05) is 43.1 Å². The summed E-state index contributed by atoms with van der Waals surface area (Å²) in [6.07, 6.45) is 3.24.